The predicted octanol–water partition coefficient (Wildman–Crippen LogP) is 28.4. The first-order valence-corrected chi connectivity index (χ1v) is 53.7. The van der Waals surface area contributed by atoms with Gasteiger partial charge >= 0.3 is 0 Å². The number of quaternary nitrogens is 4. The Morgan fingerprint density at radius 3 is 0.535 bits per heavy atom. The van der Waals surface area contributed by atoms with Gasteiger partial charge in [-0.2, -0.15) is 0 Å². The number of hydrogen-bond donors (Lipinski definition) is 3. The zero-order valence-electron chi connectivity index (χ0n) is 88.9. The lowest BCUT2D eigenvalue weighted by molar-refractivity contribution is -0.916. The van der Waals surface area contributed by atoms with Crippen molar-refractivity contribution in [2.45, 2.75) is 186 Å². The van der Waals surface area contributed by atoms with Crippen LogP contribution in [0.5, 0.6) is 0 Å². The Morgan fingerprint density at radius 1 is 0.215 bits per heavy atom. The molecular weight excluding hydrogens is 1780 g/mol. The smallest absolute Gasteiger partial charge is 0.102 e. The lowest BCUT2D eigenvalue weighted by Gasteiger charge is -2.42. The molecule has 4 aliphatic rings. The minimum Gasteiger partial charge on any atom is -0.392 e. The van der Waals surface area contributed by atoms with Gasteiger partial charge in [0, 0.05) is 139 Å². The highest BCUT2D eigenvalue weighted by Gasteiger charge is 2.37. The van der Waals surface area contributed by atoms with Crippen molar-refractivity contribution in [2.24, 2.45) is 39.9 Å². The van der Waals surface area contributed by atoms with Crippen molar-refractivity contribution in [3.05, 3.63) is 336 Å². The van der Waals surface area contributed by atoms with Crippen LogP contribution in [-0.4, -0.2) is 173 Å². The third-order valence-electron chi connectivity index (χ3n) is 31.6. The summed E-state index contributed by atoms with van der Waals surface area (Å²) in [4.78, 5) is 9.20. The van der Waals surface area contributed by atoms with E-state index >= 15 is 0 Å². The van der Waals surface area contributed by atoms with E-state index in [-0.39, 0.29) is 19.8 Å². The standard InChI is InChI=1S/C128H166N8O8/c1-126(2,3)70-81-133(10)73-62-106(63-74-133)94-141-90-102-22-46-118(47-23-102)131(119-48-24-103(25-49-119)91-142-95-107-64-75-134(11,76-65-107)82-71-127(4,5)6)124-58-34-112(35-59-124)113-36-60-125(61-37-113)132(120-50-26-104(27-51-120)92-143-96-108-66-77-135(12,78-67-108)83-72-128(7,8)9)121-52-28-105(29-53-121)93-144-97-109-68-79-136(13,80-69-109)84-85-140-89-101-20-44-117(45-21-101)130(116-42-18-100(88-139)19-43-116)123-56-32-111(33-57-123)110-30-54-122(55-31-110)129(114-38-14-98(86-137)15-39-114)115-40-16-99(87-138)17-41-115/h14-61,106-109,137-139H,62-97H2,1-13H3/q+4. The van der Waals surface area contributed by atoms with Gasteiger partial charge in [0.2, 0.25) is 0 Å². The molecule has 0 saturated carbocycles. The second-order valence-corrected chi connectivity index (χ2v) is 47.3. The van der Waals surface area contributed by atoms with E-state index in [1.165, 1.54) is 147 Å². The summed E-state index contributed by atoms with van der Waals surface area (Å²) in [6.07, 6.45) is 13.4. The monoisotopic (exact) mass is 1940 g/mol. The first kappa shape index (κ1) is 106. The zero-order valence-corrected chi connectivity index (χ0v) is 88.9. The van der Waals surface area contributed by atoms with Gasteiger partial charge in [0.05, 0.1) is 186 Å². The molecule has 4 heterocycles. The summed E-state index contributed by atoms with van der Waals surface area (Å²) in [5.74, 6) is 2.34. The van der Waals surface area contributed by atoms with Gasteiger partial charge < -0.3 is 76.5 Å². The Bertz CT molecular complexity index is 5750. The number of rotatable bonds is 44. The van der Waals surface area contributed by atoms with Crippen LogP contribution in [0.4, 0.5) is 68.2 Å². The van der Waals surface area contributed by atoms with Crippen LogP contribution in [0, 0.1) is 39.9 Å². The fourth-order valence-electron chi connectivity index (χ4n) is 21.2. The number of piperidine rings is 4. The molecule has 0 amide bonds. The minimum atomic E-state index is -0.0235. The van der Waals surface area contributed by atoms with Crippen molar-refractivity contribution in [3.63, 3.8) is 0 Å². The number of aliphatic hydroxyl groups is 3. The van der Waals surface area contributed by atoms with Crippen LogP contribution in [0.1, 0.15) is 177 Å². The molecule has 4 aliphatic heterocycles. The maximum absolute atomic E-state index is 10.0. The number of anilines is 12. The summed E-state index contributed by atoms with van der Waals surface area (Å²) < 4.78 is 37.2. The van der Waals surface area contributed by atoms with Gasteiger partial charge in [-0.15, -0.1) is 0 Å². The average molecular weight is 1940 g/mol. The van der Waals surface area contributed by atoms with Crippen molar-refractivity contribution >= 4 is 68.2 Å². The molecule has 16 nitrogen and oxygen atoms in total. The molecule has 4 saturated heterocycles. The second-order valence-electron chi connectivity index (χ2n) is 47.3. The Labute approximate surface area is 862 Å². The average Bonchev–Trinajstić information content (AvgIpc) is 0.821. The lowest BCUT2D eigenvalue weighted by Crippen LogP contribution is -2.51. The molecular formula is C128H166N8O8+4. The van der Waals surface area contributed by atoms with E-state index in [9.17, 15) is 15.3 Å². The van der Waals surface area contributed by atoms with E-state index in [1.54, 1.807) is 0 Å². The Hall–Kier alpha value is -10.6. The van der Waals surface area contributed by atoms with E-state index in [0.29, 0.717) is 79.6 Å². The maximum Gasteiger partial charge on any atom is 0.102 e. The Kier molecular flexibility index (Phi) is 36.0. The summed E-state index contributed by atoms with van der Waals surface area (Å²) in [5.41, 5.74) is 26.4. The van der Waals surface area contributed by atoms with Crippen LogP contribution >= 0.6 is 0 Å². The van der Waals surface area contributed by atoms with Gasteiger partial charge in [-0.25, -0.2) is 0 Å². The molecule has 16 rings (SSSR count). The number of aliphatic hydroxyl groups excluding tert-OH is 3. The fraction of sp³-hybridized carbons (Fsp3) is 0.438. The third-order valence-corrected chi connectivity index (χ3v) is 31.6. The van der Waals surface area contributed by atoms with Crippen molar-refractivity contribution in [3.8, 4) is 22.3 Å². The van der Waals surface area contributed by atoms with E-state index < -0.39 is 0 Å². The predicted molar refractivity (Wildman–Crippen MR) is 595 cm³/mol. The molecule has 0 radical (unpaired) electrons. The highest BCUT2D eigenvalue weighted by molar-refractivity contribution is 5.84. The topological polar surface area (TPSA) is 120 Å². The number of nitrogens with zero attached hydrogens (tertiary/aromatic N) is 8. The molecule has 144 heavy (non-hydrogen) atoms. The van der Waals surface area contributed by atoms with Gasteiger partial charge in [0.25, 0.3) is 0 Å². The molecule has 762 valence electrons. The molecule has 12 aromatic carbocycles. The maximum atomic E-state index is 10.0. The van der Waals surface area contributed by atoms with Crippen molar-refractivity contribution in [1.29, 1.82) is 0 Å². The SMILES string of the molecule is CC(C)(C)CC[N+]1(C)CCC(COCc2ccc(N(c3ccc(COCC4CC[N+](C)(CCOCc5ccc(N(c6ccc(CO)cc6)c6ccc(-c7ccc(N(c8ccc(CO)cc8)c8ccc(CO)cc8)cc7)cc6)cc5)CC4)cc3)c3ccc(-c4ccc(N(c5ccc(COCC6CC[N+](C)(CCC(C)(C)C)CC6)cc5)c5ccc(COCC6CC[N+](C)(CCC(C)(C)C)CC6)cc5)cc4)cc3)cc2)CC1. The quantitative estimate of drug-likeness (QED) is 0.0249. The number of ether oxygens (including phenoxy) is 5. The van der Waals surface area contributed by atoms with Crippen molar-refractivity contribution in [1.82, 2.24) is 0 Å². The fourth-order valence-corrected chi connectivity index (χ4v) is 21.2. The van der Waals surface area contributed by atoms with Gasteiger partial charge in [0.1, 0.15) is 6.54 Å². The van der Waals surface area contributed by atoms with Crippen LogP contribution in [0.15, 0.2) is 291 Å². The Morgan fingerprint density at radius 2 is 0.368 bits per heavy atom. The van der Waals surface area contributed by atoms with Gasteiger partial charge in [-0.3, -0.25) is 0 Å². The summed E-state index contributed by atoms with van der Waals surface area (Å²) in [5, 5.41) is 29.6. The van der Waals surface area contributed by atoms with Gasteiger partial charge in [-0.05, 0) is 252 Å². The lowest BCUT2D eigenvalue weighted by atomic mass is 9.90. The number of benzene rings is 12. The molecule has 0 atom stereocenters. The molecule has 0 bridgehead atoms. The van der Waals surface area contributed by atoms with Crippen LogP contribution in [-0.2, 0) is 76.5 Å². The molecule has 4 fully saturated rings. The third kappa shape index (κ3) is 30.1. The minimum absolute atomic E-state index is 0.0225. The van der Waals surface area contributed by atoms with Crippen molar-refractivity contribution in [2.75, 3.05) is 159 Å². The van der Waals surface area contributed by atoms with Crippen LogP contribution in [0.3, 0.4) is 0 Å². The molecule has 16 heteroatoms. The molecule has 0 unspecified atom stereocenters. The molecule has 0 spiro atoms. The van der Waals surface area contributed by atoms with E-state index in [4.69, 9.17) is 23.7 Å². The van der Waals surface area contributed by atoms with E-state index in [2.05, 4.69) is 341 Å². The first-order valence-electron chi connectivity index (χ1n) is 53.7. The van der Waals surface area contributed by atoms with Gasteiger partial charge in [-0.1, -0.05) is 208 Å². The highest BCUT2D eigenvalue weighted by Crippen LogP contribution is 2.44. The molecule has 12 aromatic rings. The summed E-state index contributed by atoms with van der Waals surface area (Å²) in [6, 6.07) is 104. The number of likely N-dealkylation sites (N-methyl/N-ethyl adjacent to an activating group) is 1. The van der Waals surface area contributed by atoms with Gasteiger partial charge in [0.15, 0.2) is 0 Å². The van der Waals surface area contributed by atoms with E-state index in [0.717, 1.165) is 182 Å². The van der Waals surface area contributed by atoms with Crippen LogP contribution in [0.2, 0.25) is 0 Å². The highest BCUT2D eigenvalue weighted by atomic mass is 16.5. The molecule has 3 N–H and O–H groups in total. The number of hydrogen-bond acceptors (Lipinski definition) is 12. The summed E-state index contributed by atoms with van der Waals surface area (Å²) in [6.45, 7) is 42.4. The first-order chi connectivity index (χ1) is 69.4. The molecule has 0 aliphatic carbocycles. The Balaban J connectivity index is 0.539. The van der Waals surface area contributed by atoms with Crippen molar-refractivity contribution < 1.29 is 56.9 Å². The zero-order chi connectivity index (χ0) is 101. The second kappa shape index (κ2) is 48.8. The summed E-state index contributed by atoms with van der Waals surface area (Å²) in [7, 11) is 9.77. The normalized spacial score (nSPS) is 20.6. The largest absolute Gasteiger partial charge is 0.392 e. The van der Waals surface area contributed by atoms with E-state index in [1.807, 2.05) is 60.7 Å². The molecule has 0 aromatic heterocycles. The van der Waals surface area contributed by atoms with Crippen LogP contribution < -0.4 is 19.6 Å². The summed E-state index contributed by atoms with van der Waals surface area (Å²) >= 11 is 0. The van der Waals surface area contributed by atoms with Crippen LogP contribution in [0.25, 0.3) is 22.3 Å². The number of likely N-dealkylation sites (tertiary alicyclic amines) is 4.